The summed E-state index contributed by atoms with van der Waals surface area (Å²) >= 11 is 0. The number of hydrogen-bond acceptors (Lipinski definition) is 3. The van der Waals surface area contributed by atoms with Crippen molar-refractivity contribution < 1.29 is 17.9 Å². The molecule has 0 aliphatic heterocycles. The van der Waals surface area contributed by atoms with Crippen LogP contribution in [0.15, 0.2) is 66.9 Å². The topological polar surface area (TPSA) is 39.1 Å². The third-order valence-corrected chi connectivity index (χ3v) is 4.91. The number of pyridine rings is 1. The van der Waals surface area contributed by atoms with E-state index >= 15 is 0 Å². The number of aryl methyl sites for hydroxylation is 1. The van der Waals surface area contributed by atoms with Crippen LogP contribution in [0, 0.1) is 0 Å². The van der Waals surface area contributed by atoms with Gasteiger partial charge in [0.1, 0.15) is 11.6 Å². The second-order valence-electron chi connectivity index (χ2n) is 7.61. The minimum atomic E-state index is -4.38. The molecule has 31 heavy (non-hydrogen) atoms. The van der Waals surface area contributed by atoms with Gasteiger partial charge >= 0.3 is 6.18 Å². The minimum absolute atomic E-state index is 0.103. The molecule has 0 saturated carbocycles. The highest BCUT2D eigenvalue weighted by Gasteiger charge is 2.30. The molecule has 0 saturated heterocycles. The van der Waals surface area contributed by atoms with E-state index in [0.29, 0.717) is 17.1 Å². The molecule has 0 aliphatic carbocycles. The van der Waals surface area contributed by atoms with Gasteiger partial charge in [0.15, 0.2) is 0 Å². The Kier molecular flexibility index (Phi) is 5.35. The lowest BCUT2D eigenvalue weighted by Crippen LogP contribution is -2.05. The van der Waals surface area contributed by atoms with E-state index in [9.17, 15) is 13.2 Å². The van der Waals surface area contributed by atoms with Gasteiger partial charge in [0.2, 0.25) is 0 Å². The van der Waals surface area contributed by atoms with Crippen LogP contribution in [-0.2, 0) is 13.2 Å². The molecule has 160 valence electrons. The van der Waals surface area contributed by atoms with Crippen molar-refractivity contribution in [2.24, 2.45) is 7.05 Å². The minimum Gasteiger partial charge on any atom is -0.491 e. The predicted octanol–water partition coefficient (Wildman–Crippen LogP) is 6.79. The first kappa shape index (κ1) is 20.8. The number of aromatic nitrogens is 2. The number of fused-ring (bicyclic) bond motifs is 1. The zero-order chi connectivity index (χ0) is 22.2. The summed E-state index contributed by atoms with van der Waals surface area (Å²) < 4.78 is 46.8. The fourth-order valence-corrected chi connectivity index (χ4v) is 3.47. The zero-order valence-corrected chi connectivity index (χ0v) is 17.4. The molecule has 4 aromatic rings. The van der Waals surface area contributed by atoms with Gasteiger partial charge in [-0.3, -0.25) is 0 Å². The number of halogens is 3. The van der Waals surface area contributed by atoms with Crippen molar-refractivity contribution in [3.8, 4) is 17.0 Å². The maximum Gasteiger partial charge on any atom is 0.416 e. The van der Waals surface area contributed by atoms with Crippen molar-refractivity contribution in [2.75, 3.05) is 5.32 Å². The Morgan fingerprint density at radius 3 is 2.42 bits per heavy atom. The molecule has 4 rings (SSSR count). The summed E-state index contributed by atoms with van der Waals surface area (Å²) in [7, 11) is 1.83. The molecule has 0 spiro atoms. The number of benzene rings is 2. The van der Waals surface area contributed by atoms with Crippen LogP contribution in [0.3, 0.4) is 0 Å². The summed E-state index contributed by atoms with van der Waals surface area (Å²) in [4.78, 5) is 4.44. The largest absolute Gasteiger partial charge is 0.491 e. The summed E-state index contributed by atoms with van der Waals surface area (Å²) in [6.07, 6.45) is -2.56. The Hall–Kier alpha value is -3.48. The van der Waals surface area contributed by atoms with E-state index < -0.39 is 11.7 Å². The van der Waals surface area contributed by atoms with Crippen molar-refractivity contribution in [2.45, 2.75) is 26.1 Å². The van der Waals surface area contributed by atoms with Crippen LogP contribution in [0.2, 0.25) is 0 Å². The van der Waals surface area contributed by atoms with Crippen LogP contribution in [0.1, 0.15) is 19.4 Å². The first-order valence-corrected chi connectivity index (χ1v) is 9.87. The molecule has 4 nitrogen and oxygen atoms in total. The van der Waals surface area contributed by atoms with Gasteiger partial charge in [0.25, 0.3) is 0 Å². The van der Waals surface area contributed by atoms with E-state index in [-0.39, 0.29) is 6.10 Å². The SMILES string of the molecule is CC(C)Oc1ccc(Nc2cc3c(cn2)cc(-c2cccc(C(F)(F)F)c2)n3C)cc1. The predicted molar refractivity (Wildman–Crippen MR) is 117 cm³/mol. The lowest BCUT2D eigenvalue weighted by molar-refractivity contribution is -0.137. The third-order valence-electron chi connectivity index (χ3n) is 4.91. The molecule has 0 radical (unpaired) electrons. The average Bonchev–Trinajstić information content (AvgIpc) is 3.05. The highest BCUT2D eigenvalue weighted by Crippen LogP contribution is 2.34. The molecule has 0 aliphatic rings. The number of rotatable bonds is 5. The fraction of sp³-hybridized carbons (Fsp3) is 0.208. The molecule has 7 heteroatoms. The summed E-state index contributed by atoms with van der Waals surface area (Å²) in [5.74, 6) is 1.43. The Bertz CT molecular complexity index is 1210. The van der Waals surface area contributed by atoms with E-state index in [2.05, 4.69) is 10.3 Å². The third kappa shape index (κ3) is 4.50. The van der Waals surface area contributed by atoms with E-state index in [1.54, 1.807) is 12.3 Å². The van der Waals surface area contributed by atoms with Gasteiger partial charge in [-0.05, 0) is 61.9 Å². The fourth-order valence-electron chi connectivity index (χ4n) is 3.47. The molecule has 0 amide bonds. The summed E-state index contributed by atoms with van der Waals surface area (Å²) in [5, 5.41) is 4.10. The molecule has 2 heterocycles. The van der Waals surface area contributed by atoms with Gasteiger partial charge in [-0.1, -0.05) is 12.1 Å². The van der Waals surface area contributed by atoms with Crippen LogP contribution in [0.5, 0.6) is 5.75 Å². The highest BCUT2D eigenvalue weighted by molar-refractivity contribution is 5.88. The molecule has 0 atom stereocenters. The summed E-state index contributed by atoms with van der Waals surface area (Å²) in [6, 6.07) is 16.7. The number of alkyl halides is 3. The van der Waals surface area contributed by atoms with Crippen molar-refractivity contribution in [1.82, 2.24) is 9.55 Å². The number of anilines is 2. The average molecular weight is 425 g/mol. The lowest BCUT2D eigenvalue weighted by atomic mass is 10.1. The number of nitrogens with one attached hydrogen (secondary N) is 1. The smallest absolute Gasteiger partial charge is 0.416 e. The molecule has 0 bridgehead atoms. The quantitative estimate of drug-likeness (QED) is 0.383. The zero-order valence-electron chi connectivity index (χ0n) is 17.4. The maximum atomic E-state index is 13.1. The monoisotopic (exact) mass is 425 g/mol. The van der Waals surface area contributed by atoms with Gasteiger partial charge < -0.3 is 14.6 Å². The number of nitrogens with zero attached hydrogens (tertiary/aromatic N) is 2. The van der Waals surface area contributed by atoms with Gasteiger partial charge in [-0.2, -0.15) is 13.2 Å². The molecular formula is C24H22F3N3O. The summed E-state index contributed by atoms with van der Waals surface area (Å²) in [5.41, 5.74) is 2.25. The van der Waals surface area contributed by atoms with Gasteiger partial charge in [-0.15, -0.1) is 0 Å². The first-order valence-electron chi connectivity index (χ1n) is 9.87. The van der Waals surface area contributed by atoms with Gasteiger partial charge in [0, 0.05) is 36.1 Å². The normalized spacial score (nSPS) is 11.8. The second-order valence-corrected chi connectivity index (χ2v) is 7.61. The van der Waals surface area contributed by atoms with Gasteiger partial charge in [-0.25, -0.2) is 4.98 Å². The number of ether oxygens (including phenoxy) is 1. The van der Waals surface area contributed by atoms with Crippen LogP contribution in [0.4, 0.5) is 24.7 Å². The molecular weight excluding hydrogens is 403 g/mol. The molecule has 1 N–H and O–H groups in total. The van der Waals surface area contributed by atoms with Gasteiger partial charge in [0.05, 0.1) is 17.2 Å². The second kappa shape index (κ2) is 7.98. The van der Waals surface area contributed by atoms with Crippen LogP contribution >= 0.6 is 0 Å². The van der Waals surface area contributed by atoms with E-state index in [1.807, 2.05) is 61.9 Å². The lowest BCUT2D eigenvalue weighted by Gasteiger charge is -2.11. The van der Waals surface area contributed by atoms with E-state index in [1.165, 1.54) is 12.1 Å². The van der Waals surface area contributed by atoms with Crippen LogP contribution in [-0.4, -0.2) is 15.7 Å². The summed E-state index contributed by atoms with van der Waals surface area (Å²) in [6.45, 7) is 3.94. The maximum absolute atomic E-state index is 13.1. The van der Waals surface area contributed by atoms with E-state index in [0.717, 1.165) is 28.4 Å². The Morgan fingerprint density at radius 1 is 1.00 bits per heavy atom. The van der Waals surface area contributed by atoms with Crippen molar-refractivity contribution in [1.29, 1.82) is 0 Å². The van der Waals surface area contributed by atoms with Crippen molar-refractivity contribution >= 4 is 22.4 Å². The highest BCUT2D eigenvalue weighted by atomic mass is 19.4. The van der Waals surface area contributed by atoms with E-state index in [4.69, 9.17) is 4.74 Å². The number of hydrogen-bond donors (Lipinski definition) is 1. The van der Waals surface area contributed by atoms with Crippen molar-refractivity contribution in [3.63, 3.8) is 0 Å². The Morgan fingerprint density at radius 2 is 1.74 bits per heavy atom. The Balaban J connectivity index is 1.63. The Labute approximate surface area is 178 Å². The van der Waals surface area contributed by atoms with Crippen LogP contribution in [0.25, 0.3) is 22.2 Å². The molecule has 2 aromatic heterocycles. The first-order chi connectivity index (χ1) is 14.7. The molecule has 2 aromatic carbocycles. The van der Waals surface area contributed by atoms with Crippen LogP contribution < -0.4 is 10.1 Å². The molecule has 0 fully saturated rings. The standard InChI is InChI=1S/C24H22F3N3O/c1-15(2)31-20-9-7-19(8-10-20)29-23-13-22-17(14-28-23)12-21(30(22)3)16-5-4-6-18(11-16)24(25,26)27/h4-15H,1-3H3,(H,28,29). The van der Waals surface area contributed by atoms with Crippen molar-refractivity contribution in [3.05, 3.63) is 72.4 Å². The molecule has 0 unspecified atom stereocenters.